The molecule has 0 unspecified atom stereocenters. The number of benzene rings is 1. The molecule has 2 aromatic heterocycles. The van der Waals surface area contributed by atoms with Gasteiger partial charge in [-0.05, 0) is 23.4 Å². The van der Waals surface area contributed by atoms with Crippen molar-refractivity contribution in [1.82, 2.24) is 9.97 Å². The molecule has 98 valence electrons. The number of ketones is 1. The lowest BCUT2D eigenvalue weighted by molar-refractivity contribution is 0.103. The molecule has 0 fully saturated rings. The van der Waals surface area contributed by atoms with Crippen molar-refractivity contribution in [2.45, 2.75) is 13.3 Å². The van der Waals surface area contributed by atoms with Gasteiger partial charge in [0.05, 0.1) is 5.56 Å². The smallest absolute Gasteiger partial charge is 0.213 e. The third kappa shape index (κ3) is 2.07. The first-order valence-electron chi connectivity index (χ1n) is 6.62. The standard InChI is InChI=1S/C17H14N2O/c1-2-12-7-5-9-19-16(12)17(20)15-11-18-10-13-6-3-4-8-14(13)15/h3-11H,2H2,1H3. The van der Waals surface area contributed by atoms with Gasteiger partial charge in [-0.1, -0.05) is 37.3 Å². The van der Waals surface area contributed by atoms with Gasteiger partial charge in [0.25, 0.3) is 0 Å². The second kappa shape index (κ2) is 5.21. The van der Waals surface area contributed by atoms with Gasteiger partial charge in [-0.3, -0.25) is 14.8 Å². The molecule has 0 amide bonds. The van der Waals surface area contributed by atoms with Crippen molar-refractivity contribution in [2.24, 2.45) is 0 Å². The van der Waals surface area contributed by atoms with Crippen molar-refractivity contribution in [3.8, 4) is 0 Å². The molecule has 0 aliphatic rings. The van der Waals surface area contributed by atoms with Crippen molar-refractivity contribution < 1.29 is 4.79 Å². The van der Waals surface area contributed by atoms with Crippen molar-refractivity contribution in [2.75, 3.05) is 0 Å². The Bertz CT molecular complexity index is 775. The van der Waals surface area contributed by atoms with E-state index in [1.54, 1.807) is 18.6 Å². The minimum absolute atomic E-state index is 0.0632. The molecule has 0 bridgehead atoms. The van der Waals surface area contributed by atoms with Gasteiger partial charge in [-0.25, -0.2) is 0 Å². The third-order valence-corrected chi connectivity index (χ3v) is 3.40. The molecule has 0 aliphatic heterocycles. The van der Waals surface area contributed by atoms with Crippen LogP contribution >= 0.6 is 0 Å². The Morgan fingerprint density at radius 1 is 1.10 bits per heavy atom. The largest absolute Gasteiger partial charge is 0.287 e. The molecule has 3 nitrogen and oxygen atoms in total. The Labute approximate surface area is 117 Å². The number of carbonyl (C=O) groups excluding carboxylic acids is 1. The average Bonchev–Trinajstić information content (AvgIpc) is 2.53. The van der Waals surface area contributed by atoms with Crippen LogP contribution in [0.25, 0.3) is 10.8 Å². The molecular weight excluding hydrogens is 248 g/mol. The predicted molar refractivity (Wildman–Crippen MR) is 78.8 cm³/mol. The van der Waals surface area contributed by atoms with Crippen LogP contribution in [0.3, 0.4) is 0 Å². The lowest BCUT2D eigenvalue weighted by Gasteiger charge is -2.07. The zero-order chi connectivity index (χ0) is 13.9. The lowest BCUT2D eigenvalue weighted by atomic mass is 9.99. The fourth-order valence-electron chi connectivity index (χ4n) is 2.35. The minimum Gasteiger partial charge on any atom is -0.287 e. The van der Waals surface area contributed by atoms with E-state index in [-0.39, 0.29) is 5.78 Å². The van der Waals surface area contributed by atoms with E-state index in [1.165, 1.54) is 0 Å². The summed E-state index contributed by atoms with van der Waals surface area (Å²) in [7, 11) is 0. The van der Waals surface area contributed by atoms with Gasteiger partial charge in [0.15, 0.2) is 0 Å². The molecule has 0 aliphatic carbocycles. The highest BCUT2D eigenvalue weighted by Crippen LogP contribution is 2.20. The number of carbonyl (C=O) groups is 1. The maximum absolute atomic E-state index is 12.7. The van der Waals surface area contributed by atoms with Crippen LogP contribution in [0.4, 0.5) is 0 Å². The number of aromatic nitrogens is 2. The van der Waals surface area contributed by atoms with Crippen LogP contribution in [0.1, 0.15) is 28.5 Å². The first-order chi connectivity index (χ1) is 9.81. The Morgan fingerprint density at radius 3 is 2.80 bits per heavy atom. The summed E-state index contributed by atoms with van der Waals surface area (Å²) in [6.45, 7) is 2.02. The molecule has 0 N–H and O–H groups in total. The Balaban J connectivity index is 2.18. The summed E-state index contributed by atoms with van der Waals surface area (Å²) in [5.41, 5.74) is 2.09. The summed E-state index contributed by atoms with van der Waals surface area (Å²) in [5.74, 6) is -0.0632. The lowest BCUT2D eigenvalue weighted by Crippen LogP contribution is -2.08. The summed E-state index contributed by atoms with van der Waals surface area (Å²) >= 11 is 0. The highest BCUT2D eigenvalue weighted by Gasteiger charge is 2.16. The SMILES string of the molecule is CCc1cccnc1C(=O)c1cncc2ccccc12. The van der Waals surface area contributed by atoms with Gasteiger partial charge >= 0.3 is 0 Å². The van der Waals surface area contributed by atoms with Gasteiger partial charge < -0.3 is 0 Å². The normalized spacial score (nSPS) is 10.7. The third-order valence-electron chi connectivity index (χ3n) is 3.40. The topological polar surface area (TPSA) is 42.9 Å². The van der Waals surface area contributed by atoms with E-state index in [0.29, 0.717) is 11.3 Å². The van der Waals surface area contributed by atoms with Gasteiger partial charge in [0.2, 0.25) is 5.78 Å². The number of nitrogens with zero attached hydrogens (tertiary/aromatic N) is 2. The molecule has 0 saturated heterocycles. The van der Waals surface area contributed by atoms with Crippen LogP contribution in [0.2, 0.25) is 0 Å². The molecule has 0 spiro atoms. The number of hydrogen-bond acceptors (Lipinski definition) is 3. The fraction of sp³-hybridized carbons (Fsp3) is 0.118. The van der Waals surface area contributed by atoms with Crippen LogP contribution in [0.15, 0.2) is 55.0 Å². The quantitative estimate of drug-likeness (QED) is 0.679. The predicted octanol–water partition coefficient (Wildman–Crippen LogP) is 3.42. The van der Waals surface area contributed by atoms with Gasteiger partial charge in [0.1, 0.15) is 5.69 Å². The first-order valence-corrected chi connectivity index (χ1v) is 6.62. The second-order valence-electron chi connectivity index (χ2n) is 4.60. The molecular formula is C17H14N2O. The Kier molecular flexibility index (Phi) is 3.25. The maximum atomic E-state index is 12.7. The monoisotopic (exact) mass is 262 g/mol. The van der Waals surface area contributed by atoms with E-state index in [0.717, 1.165) is 22.8 Å². The van der Waals surface area contributed by atoms with Crippen molar-refractivity contribution in [1.29, 1.82) is 0 Å². The van der Waals surface area contributed by atoms with Gasteiger partial charge in [-0.15, -0.1) is 0 Å². The summed E-state index contributed by atoms with van der Waals surface area (Å²) in [6.07, 6.45) is 5.84. The van der Waals surface area contributed by atoms with Crippen LogP contribution in [-0.4, -0.2) is 15.8 Å². The van der Waals surface area contributed by atoms with E-state index in [1.807, 2.05) is 43.3 Å². The number of fused-ring (bicyclic) bond motifs is 1. The molecule has 3 rings (SSSR count). The van der Waals surface area contributed by atoms with Crippen molar-refractivity contribution in [3.63, 3.8) is 0 Å². The molecule has 0 saturated carbocycles. The fourth-order valence-corrected chi connectivity index (χ4v) is 2.35. The summed E-state index contributed by atoms with van der Waals surface area (Å²) in [6, 6.07) is 11.6. The minimum atomic E-state index is -0.0632. The van der Waals surface area contributed by atoms with Gasteiger partial charge in [-0.2, -0.15) is 0 Å². The molecule has 0 atom stereocenters. The number of rotatable bonds is 3. The Morgan fingerprint density at radius 2 is 1.95 bits per heavy atom. The van der Waals surface area contributed by atoms with E-state index in [9.17, 15) is 4.79 Å². The zero-order valence-corrected chi connectivity index (χ0v) is 11.2. The second-order valence-corrected chi connectivity index (χ2v) is 4.60. The molecule has 1 aromatic carbocycles. The Hall–Kier alpha value is -2.55. The summed E-state index contributed by atoms with van der Waals surface area (Å²) < 4.78 is 0. The number of aryl methyl sites for hydroxylation is 1. The average molecular weight is 262 g/mol. The first kappa shape index (κ1) is 12.5. The molecule has 3 aromatic rings. The molecule has 0 radical (unpaired) electrons. The van der Waals surface area contributed by atoms with Gasteiger partial charge in [0, 0.05) is 24.0 Å². The van der Waals surface area contributed by atoms with Crippen LogP contribution in [0.5, 0.6) is 0 Å². The van der Waals surface area contributed by atoms with E-state index < -0.39 is 0 Å². The summed E-state index contributed by atoms with van der Waals surface area (Å²) in [4.78, 5) is 21.2. The highest BCUT2D eigenvalue weighted by molar-refractivity contribution is 6.15. The molecule has 3 heteroatoms. The number of hydrogen-bond donors (Lipinski definition) is 0. The van der Waals surface area contributed by atoms with Crippen LogP contribution in [0, 0.1) is 0 Å². The van der Waals surface area contributed by atoms with Crippen LogP contribution in [-0.2, 0) is 6.42 Å². The summed E-state index contributed by atoms with van der Waals surface area (Å²) in [5, 5.41) is 1.88. The van der Waals surface area contributed by atoms with E-state index in [4.69, 9.17) is 0 Å². The number of pyridine rings is 2. The van der Waals surface area contributed by atoms with E-state index in [2.05, 4.69) is 9.97 Å². The maximum Gasteiger partial charge on any atom is 0.213 e. The molecule has 20 heavy (non-hydrogen) atoms. The highest BCUT2D eigenvalue weighted by atomic mass is 16.1. The van der Waals surface area contributed by atoms with Crippen molar-refractivity contribution in [3.05, 3.63) is 71.8 Å². The van der Waals surface area contributed by atoms with Crippen molar-refractivity contribution >= 4 is 16.6 Å². The van der Waals surface area contributed by atoms with E-state index >= 15 is 0 Å². The van der Waals surface area contributed by atoms with Crippen LogP contribution < -0.4 is 0 Å². The zero-order valence-electron chi connectivity index (χ0n) is 11.2. The molecule has 2 heterocycles.